The van der Waals surface area contributed by atoms with E-state index in [1.165, 1.54) is 17.8 Å². The summed E-state index contributed by atoms with van der Waals surface area (Å²) in [5.41, 5.74) is 6.27. The van der Waals surface area contributed by atoms with Crippen LogP contribution in [0.15, 0.2) is 17.5 Å². The molecule has 1 atom stereocenters. The average molecular weight is 251 g/mol. The molecule has 0 saturated carbocycles. The Morgan fingerprint density at radius 1 is 1.59 bits per heavy atom. The van der Waals surface area contributed by atoms with Crippen LogP contribution in [0, 0.1) is 5.92 Å². The van der Waals surface area contributed by atoms with Gasteiger partial charge in [0.15, 0.2) is 5.13 Å². The number of nitrogens with two attached hydrogens (primary N) is 1. The fourth-order valence-electron chi connectivity index (χ4n) is 1.93. The maximum Gasteiger partial charge on any atom is 0.226 e. The number of aromatic nitrogens is 1. The quantitative estimate of drug-likeness (QED) is 0.801. The van der Waals surface area contributed by atoms with Crippen LogP contribution in [-0.4, -0.2) is 17.4 Å². The zero-order chi connectivity index (χ0) is 12.1. The summed E-state index contributed by atoms with van der Waals surface area (Å²) in [6.45, 7) is 0.767. The molecule has 1 aliphatic carbocycles. The van der Waals surface area contributed by atoms with Crippen LogP contribution in [0.2, 0.25) is 0 Å². The van der Waals surface area contributed by atoms with Gasteiger partial charge < -0.3 is 11.1 Å². The molecule has 4 nitrogen and oxygen atoms in total. The highest BCUT2D eigenvalue weighted by Crippen LogP contribution is 2.17. The predicted molar refractivity (Wildman–Crippen MR) is 69.7 cm³/mol. The third-order valence-electron chi connectivity index (χ3n) is 2.88. The van der Waals surface area contributed by atoms with E-state index in [0.29, 0.717) is 17.5 Å². The fourth-order valence-corrected chi connectivity index (χ4v) is 2.49. The second kappa shape index (κ2) is 5.82. The maximum absolute atomic E-state index is 11.7. The van der Waals surface area contributed by atoms with Crippen LogP contribution in [0.25, 0.3) is 0 Å². The lowest BCUT2D eigenvalue weighted by Gasteiger charge is -2.17. The Balaban J connectivity index is 1.72. The molecule has 2 rings (SSSR count). The van der Waals surface area contributed by atoms with Crippen LogP contribution in [0.4, 0.5) is 5.13 Å². The largest absolute Gasteiger partial charge is 0.375 e. The number of nitrogen functional groups attached to an aromatic ring is 1. The van der Waals surface area contributed by atoms with Gasteiger partial charge in [-0.1, -0.05) is 12.2 Å². The molecule has 0 aromatic carbocycles. The van der Waals surface area contributed by atoms with Crippen molar-refractivity contribution < 1.29 is 4.79 Å². The number of carbonyl (C=O) groups is 1. The molecule has 17 heavy (non-hydrogen) atoms. The summed E-state index contributed by atoms with van der Waals surface area (Å²) in [6.07, 6.45) is 8.10. The van der Waals surface area contributed by atoms with Crippen molar-refractivity contribution in [1.82, 2.24) is 10.3 Å². The van der Waals surface area contributed by atoms with E-state index >= 15 is 0 Å². The molecule has 1 unspecified atom stereocenters. The molecule has 0 saturated heterocycles. The number of carbonyl (C=O) groups excluding carboxylic acids is 1. The summed E-state index contributed by atoms with van der Waals surface area (Å²) >= 11 is 1.37. The van der Waals surface area contributed by atoms with E-state index in [4.69, 9.17) is 5.73 Å². The number of thiazole rings is 1. The van der Waals surface area contributed by atoms with Gasteiger partial charge in [-0.05, 0) is 25.2 Å². The van der Waals surface area contributed by atoms with Gasteiger partial charge in [0.05, 0.1) is 12.1 Å². The third kappa shape index (κ3) is 3.85. The number of anilines is 1. The molecule has 0 radical (unpaired) electrons. The number of allylic oxidation sites excluding steroid dienone is 2. The van der Waals surface area contributed by atoms with Gasteiger partial charge in [0, 0.05) is 11.9 Å². The lowest BCUT2D eigenvalue weighted by molar-refractivity contribution is -0.120. The van der Waals surface area contributed by atoms with Crippen LogP contribution in [0.5, 0.6) is 0 Å². The molecule has 0 bridgehead atoms. The lowest BCUT2D eigenvalue weighted by atomic mass is 9.94. The van der Waals surface area contributed by atoms with Gasteiger partial charge in [0.1, 0.15) is 0 Å². The van der Waals surface area contributed by atoms with Crippen LogP contribution in [-0.2, 0) is 11.2 Å². The molecular weight excluding hydrogens is 234 g/mol. The Morgan fingerprint density at radius 3 is 3.12 bits per heavy atom. The minimum absolute atomic E-state index is 0.0323. The number of hydrogen-bond donors (Lipinski definition) is 2. The molecule has 1 aromatic heterocycles. The molecule has 92 valence electrons. The van der Waals surface area contributed by atoms with Crippen molar-refractivity contribution >= 4 is 22.4 Å². The Bertz CT molecular complexity index is 414. The molecule has 1 heterocycles. The Morgan fingerprint density at radius 2 is 2.47 bits per heavy atom. The van der Waals surface area contributed by atoms with Crippen molar-refractivity contribution in [3.63, 3.8) is 0 Å². The van der Waals surface area contributed by atoms with Gasteiger partial charge in [-0.15, -0.1) is 11.3 Å². The highest BCUT2D eigenvalue weighted by Gasteiger charge is 2.12. The van der Waals surface area contributed by atoms with Crippen molar-refractivity contribution in [2.24, 2.45) is 5.92 Å². The number of hydrogen-bond acceptors (Lipinski definition) is 4. The Labute approximate surface area is 105 Å². The monoisotopic (exact) mass is 251 g/mol. The standard InChI is InChI=1S/C12H17N3OS/c13-12-15-10(8-17-12)6-11(16)14-7-9-4-2-1-3-5-9/h1-2,8-9H,3-7H2,(H2,13,15)(H,14,16). The van der Waals surface area contributed by atoms with Crippen molar-refractivity contribution in [2.75, 3.05) is 12.3 Å². The van der Waals surface area contributed by atoms with Crippen molar-refractivity contribution in [1.29, 1.82) is 0 Å². The van der Waals surface area contributed by atoms with E-state index in [0.717, 1.165) is 25.1 Å². The molecule has 1 amide bonds. The molecule has 5 heteroatoms. The van der Waals surface area contributed by atoms with Crippen LogP contribution in [0.3, 0.4) is 0 Å². The topological polar surface area (TPSA) is 68.0 Å². The minimum atomic E-state index is 0.0323. The first-order valence-corrected chi connectivity index (χ1v) is 6.73. The van der Waals surface area contributed by atoms with Gasteiger partial charge >= 0.3 is 0 Å². The normalized spacial score (nSPS) is 19.2. The molecule has 0 spiro atoms. The first-order chi connectivity index (χ1) is 8.24. The fraction of sp³-hybridized carbons (Fsp3) is 0.500. The van der Waals surface area contributed by atoms with E-state index < -0.39 is 0 Å². The predicted octanol–water partition coefficient (Wildman–Crippen LogP) is 1.74. The zero-order valence-corrected chi connectivity index (χ0v) is 10.5. The van der Waals surface area contributed by atoms with Crippen LogP contribution in [0.1, 0.15) is 25.0 Å². The second-order valence-electron chi connectivity index (χ2n) is 4.31. The van der Waals surface area contributed by atoms with E-state index in [-0.39, 0.29) is 5.91 Å². The number of amides is 1. The van der Waals surface area contributed by atoms with E-state index in [9.17, 15) is 4.79 Å². The molecule has 1 aliphatic rings. The van der Waals surface area contributed by atoms with Crippen LogP contribution < -0.4 is 11.1 Å². The molecule has 0 fully saturated rings. The smallest absolute Gasteiger partial charge is 0.226 e. The van der Waals surface area contributed by atoms with Crippen molar-refractivity contribution in [3.05, 3.63) is 23.2 Å². The second-order valence-corrected chi connectivity index (χ2v) is 5.20. The first-order valence-electron chi connectivity index (χ1n) is 5.85. The minimum Gasteiger partial charge on any atom is -0.375 e. The summed E-state index contributed by atoms with van der Waals surface area (Å²) in [5, 5.41) is 5.31. The van der Waals surface area contributed by atoms with Gasteiger partial charge in [-0.25, -0.2) is 4.98 Å². The van der Waals surface area contributed by atoms with E-state index in [1.807, 2.05) is 5.38 Å². The first kappa shape index (κ1) is 12.1. The van der Waals surface area contributed by atoms with Gasteiger partial charge in [0.2, 0.25) is 5.91 Å². The average Bonchev–Trinajstić information content (AvgIpc) is 2.73. The highest BCUT2D eigenvalue weighted by atomic mass is 32.1. The van der Waals surface area contributed by atoms with Crippen molar-refractivity contribution in [2.45, 2.75) is 25.7 Å². The summed E-state index contributed by atoms with van der Waals surface area (Å²) in [6, 6.07) is 0. The van der Waals surface area contributed by atoms with Gasteiger partial charge in [-0.3, -0.25) is 4.79 Å². The van der Waals surface area contributed by atoms with Gasteiger partial charge in [-0.2, -0.15) is 0 Å². The summed E-state index contributed by atoms with van der Waals surface area (Å²) < 4.78 is 0. The molecule has 1 aromatic rings. The molecule has 3 N–H and O–H groups in total. The Kier molecular flexibility index (Phi) is 4.14. The number of nitrogens with one attached hydrogen (secondary N) is 1. The summed E-state index contributed by atoms with van der Waals surface area (Å²) in [4.78, 5) is 15.7. The lowest BCUT2D eigenvalue weighted by Crippen LogP contribution is -2.30. The summed E-state index contributed by atoms with van der Waals surface area (Å²) in [7, 11) is 0. The van der Waals surface area contributed by atoms with Crippen LogP contribution >= 0.6 is 11.3 Å². The van der Waals surface area contributed by atoms with Gasteiger partial charge in [0.25, 0.3) is 0 Å². The highest BCUT2D eigenvalue weighted by molar-refractivity contribution is 7.13. The number of rotatable bonds is 4. The maximum atomic E-state index is 11.7. The Hall–Kier alpha value is -1.36. The third-order valence-corrected chi connectivity index (χ3v) is 3.60. The van der Waals surface area contributed by atoms with Crippen molar-refractivity contribution in [3.8, 4) is 0 Å². The van der Waals surface area contributed by atoms with E-state index in [1.54, 1.807) is 0 Å². The zero-order valence-electron chi connectivity index (χ0n) is 9.69. The molecule has 0 aliphatic heterocycles. The SMILES string of the molecule is Nc1nc(CC(=O)NCC2CC=CCC2)cs1. The molecular formula is C12H17N3OS. The van der Waals surface area contributed by atoms with E-state index in [2.05, 4.69) is 22.5 Å². The number of nitrogens with zero attached hydrogens (tertiary/aromatic N) is 1. The summed E-state index contributed by atoms with van der Waals surface area (Å²) in [5.74, 6) is 0.620.